The standard InChI is InChI=1S/C10H16O3/c1-2-9(11)7-3-5-8(6-4-7)10(12)13/h7-8H,2-6H2,1H3,(H,12,13). The largest absolute Gasteiger partial charge is 0.481 e. The monoisotopic (exact) mass is 184 g/mol. The van der Waals surface area contributed by atoms with E-state index in [2.05, 4.69) is 0 Å². The van der Waals surface area contributed by atoms with Crippen LogP contribution < -0.4 is 0 Å². The summed E-state index contributed by atoms with van der Waals surface area (Å²) in [6.07, 6.45) is 3.47. The molecule has 1 fully saturated rings. The third kappa shape index (κ3) is 2.54. The molecule has 13 heavy (non-hydrogen) atoms. The normalized spacial score (nSPS) is 28.4. The molecule has 0 heterocycles. The fourth-order valence-corrected chi connectivity index (χ4v) is 1.95. The summed E-state index contributed by atoms with van der Waals surface area (Å²) in [6.45, 7) is 1.87. The van der Waals surface area contributed by atoms with E-state index < -0.39 is 5.97 Å². The van der Waals surface area contributed by atoms with Crippen molar-refractivity contribution < 1.29 is 14.7 Å². The van der Waals surface area contributed by atoms with Gasteiger partial charge in [-0.2, -0.15) is 0 Å². The fraction of sp³-hybridized carbons (Fsp3) is 0.800. The molecule has 0 amide bonds. The van der Waals surface area contributed by atoms with Gasteiger partial charge in [-0.1, -0.05) is 6.92 Å². The molecule has 0 aromatic heterocycles. The SMILES string of the molecule is CCC(=O)C1CCC(C(=O)O)CC1. The molecule has 3 heteroatoms. The molecule has 0 spiro atoms. The van der Waals surface area contributed by atoms with E-state index in [1.165, 1.54) is 0 Å². The summed E-state index contributed by atoms with van der Waals surface area (Å²) in [5, 5.41) is 8.74. The van der Waals surface area contributed by atoms with Crippen LogP contribution in [0, 0.1) is 11.8 Å². The van der Waals surface area contributed by atoms with E-state index in [-0.39, 0.29) is 11.8 Å². The van der Waals surface area contributed by atoms with Crippen LogP contribution in [0.1, 0.15) is 39.0 Å². The molecule has 0 aromatic rings. The van der Waals surface area contributed by atoms with Gasteiger partial charge in [-0.05, 0) is 25.7 Å². The Labute approximate surface area is 78.1 Å². The first kappa shape index (κ1) is 10.2. The molecule has 0 saturated heterocycles. The van der Waals surface area contributed by atoms with Crippen LogP contribution in [0.4, 0.5) is 0 Å². The van der Waals surface area contributed by atoms with E-state index in [0.29, 0.717) is 25.0 Å². The summed E-state index contributed by atoms with van der Waals surface area (Å²) in [5.74, 6) is -0.479. The average Bonchev–Trinajstić information content (AvgIpc) is 2.17. The number of Topliss-reactive ketones (excluding diaryl/α,β-unsaturated/α-hetero) is 1. The molecular weight excluding hydrogens is 168 g/mol. The maximum Gasteiger partial charge on any atom is 0.306 e. The van der Waals surface area contributed by atoms with Crippen LogP contribution >= 0.6 is 0 Å². The lowest BCUT2D eigenvalue weighted by molar-refractivity contribution is -0.144. The summed E-state index contributed by atoms with van der Waals surface area (Å²) in [5.41, 5.74) is 0. The number of hydrogen-bond acceptors (Lipinski definition) is 2. The van der Waals surface area contributed by atoms with Crippen LogP contribution in [0.2, 0.25) is 0 Å². The van der Waals surface area contributed by atoms with Gasteiger partial charge in [0, 0.05) is 12.3 Å². The number of carboxylic acids is 1. The number of carbonyl (C=O) groups is 2. The van der Waals surface area contributed by atoms with Crippen molar-refractivity contribution in [3.63, 3.8) is 0 Å². The Hall–Kier alpha value is -0.860. The lowest BCUT2D eigenvalue weighted by Crippen LogP contribution is -2.25. The molecule has 1 N–H and O–H groups in total. The molecule has 0 aliphatic heterocycles. The zero-order chi connectivity index (χ0) is 9.84. The first-order chi connectivity index (χ1) is 6.15. The molecule has 1 rings (SSSR count). The van der Waals surface area contributed by atoms with E-state index in [1.54, 1.807) is 0 Å². The number of rotatable bonds is 3. The van der Waals surface area contributed by atoms with Gasteiger partial charge < -0.3 is 5.11 Å². The highest BCUT2D eigenvalue weighted by Crippen LogP contribution is 2.29. The molecule has 1 aliphatic carbocycles. The van der Waals surface area contributed by atoms with Gasteiger partial charge in [-0.15, -0.1) is 0 Å². The minimum absolute atomic E-state index is 0.139. The van der Waals surface area contributed by atoms with Gasteiger partial charge in [0.05, 0.1) is 5.92 Å². The first-order valence-corrected chi connectivity index (χ1v) is 4.90. The van der Waals surface area contributed by atoms with Crippen molar-refractivity contribution in [2.75, 3.05) is 0 Å². The Morgan fingerprint density at radius 1 is 1.15 bits per heavy atom. The minimum atomic E-state index is -0.706. The third-order valence-corrected chi connectivity index (χ3v) is 2.88. The molecule has 0 atom stereocenters. The van der Waals surface area contributed by atoms with Crippen LogP contribution in [-0.2, 0) is 9.59 Å². The number of ketones is 1. The van der Waals surface area contributed by atoms with Crippen LogP contribution in [0.5, 0.6) is 0 Å². The van der Waals surface area contributed by atoms with Crippen molar-refractivity contribution in [3.05, 3.63) is 0 Å². The van der Waals surface area contributed by atoms with Crippen molar-refractivity contribution in [1.29, 1.82) is 0 Å². The van der Waals surface area contributed by atoms with Crippen molar-refractivity contribution in [2.45, 2.75) is 39.0 Å². The highest BCUT2D eigenvalue weighted by atomic mass is 16.4. The molecule has 1 aliphatic rings. The van der Waals surface area contributed by atoms with Crippen LogP contribution in [-0.4, -0.2) is 16.9 Å². The van der Waals surface area contributed by atoms with Gasteiger partial charge in [0.15, 0.2) is 0 Å². The Bertz CT molecular complexity index is 202. The molecule has 0 radical (unpaired) electrons. The summed E-state index contributed by atoms with van der Waals surface area (Å²) in [6, 6.07) is 0. The summed E-state index contributed by atoms with van der Waals surface area (Å²) in [4.78, 5) is 21.9. The summed E-state index contributed by atoms with van der Waals surface area (Å²) < 4.78 is 0. The van der Waals surface area contributed by atoms with Gasteiger partial charge >= 0.3 is 5.97 Å². The second-order valence-corrected chi connectivity index (χ2v) is 3.71. The van der Waals surface area contributed by atoms with Crippen molar-refractivity contribution >= 4 is 11.8 Å². The van der Waals surface area contributed by atoms with Crippen LogP contribution in [0.3, 0.4) is 0 Å². The zero-order valence-electron chi connectivity index (χ0n) is 7.95. The number of carboxylic acid groups (broad SMARTS) is 1. The lowest BCUT2D eigenvalue weighted by Gasteiger charge is -2.24. The lowest BCUT2D eigenvalue weighted by atomic mass is 9.79. The minimum Gasteiger partial charge on any atom is -0.481 e. The number of aliphatic carboxylic acids is 1. The highest BCUT2D eigenvalue weighted by molar-refractivity contribution is 5.81. The van der Waals surface area contributed by atoms with E-state index in [9.17, 15) is 9.59 Å². The van der Waals surface area contributed by atoms with Crippen LogP contribution in [0.15, 0.2) is 0 Å². The second kappa shape index (κ2) is 4.40. The smallest absolute Gasteiger partial charge is 0.306 e. The third-order valence-electron chi connectivity index (χ3n) is 2.88. The van der Waals surface area contributed by atoms with Gasteiger partial charge in [0.25, 0.3) is 0 Å². The predicted molar refractivity (Wildman–Crippen MR) is 48.4 cm³/mol. The molecule has 1 saturated carbocycles. The van der Waals surface area contributed by atoms with E-state index in [4.69, 9.17) is 5.11 Å². The maximum absolute atomic E-state index is 11.3. The summed E-state index contributed by atoms with van der Waals surface area (Å²) in [7, 11) is 0. The van der Waals surface area contributed by atoms with Crippen LogP contribution in [0.25, 0.3) is 0 Å². The van der Waals surface area contributed by atoms with E-state index in [0.717, 1.165) is 12.8 Å². The molecule has 74 valence electrons. The Morgan fingerprint density at radius 2 is 1.62 bits per heavy atom. The second-order valence-electron chi connectivity index (χ2n) is 3.71. The molecule has 0 bridgehead atoms. The molecule has 3 nitrogen and oxygen atoms in total. The Kier molecular flexibility index (Phi) is 3.46. The van der Waals surface area contributed by atoms with Gasteiger partial charge in [0.2, 0.25) is 0 Å². The Balaban J connectivity index is 2.39. The van der Waals surface area contributed by atoms with Crippen molar-refractivity contribution in [3.8, 4) is 0 Å². The number of carbonyl (C=O) groups excluding carboxylic acids is 1. The van der Waals surface area contributed by atoms with Gasteiger partial charge in [-0.25, -0.2) is 0 Å². The molecular formula is C10H16O3. The van der Waals surface area contributed by atoms with E-state index in [1.807, 2.05) is 6.92 Å². The number of hydrogen-bond donors (Lipinski definition) is 1. The first-order valence-electron chi connectivity index (χ1n) is 4.90. The fourth-order valence-electron chi connectivity index (χ4n) is 1.95. The zero-order valence-corrected chi connectivity index (χ0v) is 7.95. The van der Waals surface area contributed by atoms with Crippen molar-refractivity contribution in [1.82, 2.24) is 0 Å². The van der Waals surface area contributed by atoms with Crippen molar-refractivity contribution in [2.24, 2.45) is 11.8 Å². The Morgan fingerprint density at radius 3 is 2.00 bits per heavy atom. The quantitative estimate of drug-likeness (QED) is 0.728. The highest BCUT2D eigenvalue weighted by Gasteiger charge is 2.28. The maximum atomic E-state index is 11.3. The van der Waals surface area contributed by atoms with Gasteiger partial charge in [-0.3, -0.25) is 9.59 Å². The summed E-state index contributed by atoms with van der Waals surface area (Å²) >= 11 is 0. The predicted octanol–water partition coefficient (Wildman–Crippen LogP) is 1.86. The van der Waals surface area contributed by atoms with Gasteiger partial charge in [0.1, 0.15) is 5.78 Å². The topological polar surface area (TPSA) is 54.4 Å². The van der Waals surface area contributed by atoms with E-state index >= 15 is 0 Å². The average molecular weight is 184 g/mol. The molecule has 0 aromatic carbocycles. The molecule has 0 unspecified atom stereocenters.